The SMILES string of the molecule is C/C=C/O[C@H]1[C@H](O)[C@H](NC(C)=O)C(O)O[C@@H]1CO. The van der Waals surface area contributed by atoms with Crippen molar-refractivity contribution in [3.05, 3.63) is 12.3 Å². The van der Waals surface area contributed by atoms with Crippen molar-refractivity contribution in [2.45, 2.75) is 44.5 Å². The molecule has 7 nitrogen and oxygen atoms in total. The van der Waals surface area contributed by atoms with Gasteiger partial charge in [0.05, 0.1) is 12.9 Å². The Morgan fingerprint density at radius 3 is 2.67 bits per heavy atom. The van der Waals surface area contributed by atoms with E-state index in [9.17, 15) is 15.0 Å². The molecule has 0 saturated carbocycles. The highest BCUT2D eigenvalue weighted by Crippen LogP contribution is 2.22. The van der Waals surface area contributed by atoms with Crippen molar-refractivity contribution in [1.29, 1.82) is 0 Å². The summed E-state index contributed by atoms with van der Waals surface area (Å²) in [6.07, 6.45) is -1.36. The van der Waals surface area contributed by atoms with Crippen molar-refractivity contribution in [1.82, 2.24) is 5.32 Å². The summed E-state index contributed by atoms with van der Waals surface area (Å²) in [5.74, 6) is -0.408. The van der Waals surface area contributed by atoms with Crippen molar-refractivity contribution >= 4 is 5.91 Å². The number of rotatable bonds is 4. The summed E-state index contributed by atoms with van der Waals surface area (Å²) in [5, 5.41) is 31.2. The zero-order valence-corrected chi connectivity index (χ0v) is 10.3. The predicted octanol–water partition coefficient (Wildman–Crippen LogP) is -1.52. The van der Waals surface area contributed by atoms with Gasteiger partial charge < -0.3 is 30.1 Å². The Hall–Kier alpha value is -1.15. The second-order valence-corrected chi connectivity index (χ2v) is 4.03. The van der Waals surface area contributed by atoms with Gasteiger partial charge in [0.1, 0.15) is 18.2 Å². The van der Waals surface area contributed by atoms with Crippen molar-refractivity contribution in [2.24, 2.45) is 0 Å². The first kappa shape index (κ1) is 14.9. The molecule has 1 aliphatic heterocycles. The van der Waals surface area contributed by atoms with Gasteiger partial charge in [0, 0.05) is 6.92 Å². The van der Waals surface area contributed by atoms with E-state index in [0.29, 0.717) is 0 Å². The summed E-state index contributed by atoms with van der Waals surface area (Å²) in [6.45, 7) is 2.58. The summed E-state index contributed by atoms with van der Waals surface area (Å²) in [6, 6.07) is -0.999. The summed E-state index contributed by atoms with van der Waals surface area (Å²) in [5.41, 5.74) is 0. The third-order valence-electron chi connectivity index (χ3n) is 2.61. The molecule has 0 aromatic carbocycles. The Balaban J connectivity index is 2.81. The Morgan fingerprint density at radius 2 is 2.17 bits per heavy atom. The fourth-order valence-corrected chi connectivity index (χ4v) is 1.81. The monoisotopic (exact) mass is 261 g/mol. The maximum Gasteiger partial charge on any atom is 0.217 e. The van der Waals surface area contributed by atoms with Crippen molar-refractivity contribution < 1.29 is 29.6 Å². The van der Waals surface area contributed by atoms with Gasteiger partial charge in [-0.3, -0.25) is 4.79 Å². The molecule has 1 aliphatic rings. The van der Waals surface area contributed by atoms with Crippen LogP contribution >= 0.6 is 0 Å². The molecule has 0 aliphatic carbocycles. The third kappa shape index (κ3) is 3.42. The van der Waals surface area contributed by atoms with Crippen LogP contribution in [0.25, 0.3) is 0 Å². The van der Waals surface area contributed by atoms with Crippen LogP contribution in [-0.4, -0.2) is 58.5 Å². The highest BCUT2D eigenvalue weighted by molar-refractivity contribution is 5.73. The lowest BCUT2D eigenvalue weighted by molar-refractivity contribution is -0.254. The molecule has 0 bridgehead atoms. The summed E-state index contributed by atoms with van der Waals surface area (Å²) >= 11 is 0. The fraction of sp³-hybridized carbons (Fsp3) is 0.727. The quantitative estimate of drug-likeness (QED) is 0.458. The third-order valence-corrected chi connectivity index (χ3v) is 2.61. The van der Waals surface area contributed by atoms with Crippen LogP contribution in [0, 0.1) is 0 Å². The van der Waals surface area contributed by atoms with Gasteiger partial charge in [0.15, 0.2) is 12.4 Å². The van der Waals surface area contributed by atoms with Crippen LogP contribution < -0.4 is 5.32 Å². The van der Waals surface area contributed by atoms with Crippen LogP contribution in [0.5, 0.6) is 0 Å². The molecule has 1 fully saturated rings. The molecule has 0 aromatic heterocycles. The molecule has 18 heavy (non-hydrogen) atoms. The van der Waals surface area contributed by atoms with E-state index in [4.69, 9.17) is 14.6 Å². The minimum Gasteiger partial charge on any atom is -0.493 e. The maximum absolute atomic E-state index is 11.0. The van der Waals surface area contributed by atoms with Crippen molar-refractivity contribution in [2.75, 3.05) is 6.61 Å². The number of aliphatic hydroxyl groups is 3. The topological polar surface area (TPSA) is 108 Å². The molecule has 1 rings (SSSR count). The first-order valence-electron chi connectivity index (χ1n) is 5.67. The van der Waals surface area contributed by atoms with Gasteiger partial charge in [-0.1, -0.05) is 6.08 Å². The molecule has 1 amide bonds. The van der Waals surface area contributed by atoms with Crippen molar-refractivity contribution in [3.8, 4) is 0 Å². The highest BCUT2D eigenvalue weighted by atomic mass is 16.6. The van der Waals surface area contributed by atoms with Crippen LogP contribution in [0.4, 0.5) is 0 Å². The van der Waals surface area contributed by atoms with Crippen LogP contribution in [0.2, 0.25) is 0 Å². The zero-order chi connectivity index (χ0) is 13.7. The van der Waals surface area contributed by atoms with Crippen LogP contribution in [0.1, 0.15) is 13.8 Å². The molecule has 104 valence electrons. The number of hydrogen-bond acceptors (Lipinski definition) is 6. The summed E-state index contributed by atoms with van der Waals surface area (Å²) in [7, 11) is 0. The van der Waals surface area contributed by atoms with E-state index in [1.807, 2.05) is 0 Å². The van der Waals surface area contributed by atoms with Crippen LogP contribution in [-0.2, 0) is 14.3 Å². The smallest absolute Gasteiger partial charge is 0.217 e. The number of amides is 1. The van der Waals surface area contributed by atoms with Gasteiger partial charge in [-0.25, -0.2) is 0 Å². The standard InChI is InChI=1S/C11H19NO6/c1-3-4-17-10-7(5-13)18-11(16)8(9(10)15)12-6(2)14/h3-4,7-11,13,15-16H,5H2,1-2H3,(H,12,14)/b4-3+/t7-,8+,9-,10-,11?/m1/s1. The van der Waals surface area contributed by atoms with E-state index in [0.717, 1.165) is 0 Å². The second kappa shape index (κ2) is 6.69. The molecule has 0 spiro atoms. The van der Waals surface area contributed by atoms with Crippen LogP contribution in [0.15, 0.2) is 12.3 Å². The molecule has 7 heteroatoms. The average molecular weight is 261 g/mol. The molecule has 1 heterocycles. The van der Waals surface area contributed by atoms with E-state index < -0.39 is 43.2 Å². The second-order valence-electron chi connectivity index (χ2n) is 4.03. The van der Waals surface area contributed by atoms with E-state index in [-0.39, 0.29) is 0 Å². The average Bonchev–Trinajstić information content (AvgIpc) is 2.32. The first-order chi connectivity index (χ1) is 8.51. The number of ether oxygens (including phenoxy) is 2. The molecular formula is C11H19NO6. The maximum atomic E-state index is 11.0. The number of nitrogens with one attached hydrogen (secondary N) is 1. The number of aliphatic hydroxyl groups excluding tert-OH is 3. The largest absolute Gasteiger partial charge is 0.493 e. The normalized spacial score (nSPS) is 36.6. The van der Waals surface area contributed by atoms with E-state index in [1.54, 1.807) is 13.0 Å². The minimum atomic E-state index is -1.40. The van der Waals surface area contributed by atoms with Gasteiger partial charge >= 0.3 is 0 Å². The van der Waals surface area contributed by atoms with Gasteiger partial charge in [-0.2, -0.15) is 0 Å². The molecule has 0 aromatic rings. The highest BCUT2D eigenvalue weighted by Gasteiger charge is 2.45. The lowest BCUT2D eigenvalue weighted by Crippen LogP contribution is -2.64. The van der Waals surface area contributed by atoms with Gasteiger partial charge in [0.2, 0.25) is 5.91 Å². The van der Waals surface area contributed by atoms with Crippen molar-refractivity contribution in [3.63, 3.8) is 0 Å². The van der Waals surface area contributed by atoms with Gasteiger partial charge in [0.25, 0.3) is 0 Å². The number of carbonyl (C=O) groups is 1. The Morgan fingerprint density at radius 1 is 1.50 bits per heavy atom. The Kier molecular flexibility index (Phi) is 5.54. The molecule has 0 radical (unpaired) electrons. The molecular weight excluding hydrogens is 242 g/mol. The molecule has 1 unspecified atom stereocenters. The van der Waals surface area contributed by atoms with Crippen LogP contribution in [0.3, 0.4) is 0 Å². The lowest BCUT2D eigenvalue weighted by atomic mass is 9.97. The molecule has 4 N–H and O–H groups in total. The fourth-order valence-electron chi connectivity index (χ4n) is 1.81. The van der Waals surface area contributed by atoms with Gasteiger partial charge in [-0.05, 0) is 6.92 Å². The van der Waals surface area contributed by atoms with E-state index in [2.05, 4.69) is 5.32 Å². The lowest BCUT2D eigenvalue weighted by Gasteiger charge is -2.41. The zero-order valence-electron chi connectivity index (χ0n) is 10.3. The van der Waals surface area contributed by atoms with Gasteiger partial charge in [-0.15, -0.1) is 0 Å². The Labute approximate surface area is 105 Å². The molecule has 1 saturated heterocycles. The number of hydrogen-bond donors (Lipinski definition) is 4. The number of carbonyl (C=O) groups excluding carboxylic acids is 1. The summed E-state index contributed by atoms with van der Waals surface area (Å²) < 4.78 is 10.3. The van der Waals surface area contributed by atoms with E-state index >= 15 is 0 Å². The Bertz CT molecular complexity index is 308. The predicted molar refractivity (Wildman–Crippen MR) is 61.3 cm³/mol. The molecule has 5 atom stereocenters. The summed E-state index contributed by atoms with van der Waals surface area (Å²) in [4.78, 5) is 11.0. The van der Waals surface area contributed by atoms with E-state index in [1.165, 1.54) is 13.2 Å². The first-order valence-corrected chi connectivity index (χ1v) is 5.67. The minimum absolute atomic E-state index is 0.408. The number of allylic oxidation sites excluding steroid dienone is 1.